The topological polar surface area (TPSA) is 26.3 Å². The summed E-state index contributed by atoms with van der Waals surface area (Å²) in [7, 11) is 0. The normalized spacial score (nSPS) is 15.4. The third-order valence-corrected chi connectivity index (χ3v) is 2.49. The Labute approximate surface area is 118 Å². The molecule has 0 bridgehead atoms. The third-order valence-electron chi connectivity index (χ3n) is 2.49. The first-order valence-corrected chi connectivity index (χ1v) is 5.59. The van der Waals surface area contributed by atoms with Crippen molar-refractivity contribution < 1.29 is 49.0 Å². The number of hydrogen-bond acceptors (Lipinski definition) is 2. The molecular weight excluding hydrogens is 335 g/mol. The van der Waals surface area contributed by atoms with E-state index >= 15 is 0 Å². The Bertz CT molecular complexity index is 414. The van der Waals surface area contributed by atoms with Gasteiger partial charge in [-0.3, -0.25) is 0 Å². The number of rotatable bonds is 7. The molecule has 0 aromatic carbocycles. The summed E-state index contributed by atoms with van der Waals surface area (Å²) in [5.74, 6) is -21.9. The molecule has 0 spiro atoms. The fourth-order valence-corrected chi connectivity index (χ4v) is 1.32. The van der Waals surface area contributed by atoms with Crippen molar-refractivity contribution in [1.29, 1.82) is 0 Å². The second-order valence-corrected chi connectivity index (χ2v) is 4.49. The summed E-state index contributed by atoms with van der Waals surface area (Å²) in [4.78, 5) is 10.6. The maximum atomic E-state index is 13.2. The summed E-state index contributed by atoms with van der Waals surface area (Å²) in [6.45, 7) is 2.88. The molecule has 0 saturated carbocycles. The second-order valence-electron chi connectivity index (χ2n) is 4.49. The molecule has 2 nitrogen and oxygen atoms in total. The van der Waals surface area contributed by atoms with Crippen LogP contribution in [0.15, 0.2) is 12.7 Å². The SMILES string of the molecule is C=CC(=O)OCC(C)CC(F)(F)C(F)(F)C(F)(F)C(F)(F)F. The molecule has 1 atom stereocenters. The number of halogens is 9. The van der Waals surface area contributed by atoms with Crippen LogP contribution in [0.25, 0.3) is 0 Å². The lowest BCUT2D eigenvalue weighted by Crippen LogP contribution is -2.61. The second kappa shape index (κ2) is 6.37. The molecule has 0 aromatic rings. The lowest BCUT2D eigenvalue weighted by Gasteiger charge is -2.34. The lowest BCUT2D eigenvalue weighted by molar-refractivity contribution is -0.397. The number of ether oxygens (including phenoxy) is 1. The highest BCUT2D eigenvalue weighted by Gasteiger charge is 2.81. The van der Waals surface area contributed by atoms with Crippen LogP contribution in [-0.4, -0.2) is 36.5 Å². The highest BCUT2D eigenvalue weighted by molar-refractivity contribution is 5.81. The number of hydrogen-bond donors (Lipinski definition) is 0. The Kier molecular flexibility index (Phi) is 5.96. The van der Waals surface area contributed by atoms with Gasteiger partial charge in [0.05, 0.1) is 6.61 Å². The molecule has 0 amide bonds. The number of carbonyl (C=O) groups is 1. The van der Waals surface area contributed by atoms with Crippen molar-refractivity contribution in [3.63, 3.8) is 0 Å². The molecule has 0 heterocycles. The quantitative estimate of drug-likeness (QED) is 0.392. The maximum Gasteiger partial charge on any atom is 0.460 e. The van der Waals surface area contributed by atoms with Gasteiger partial charge in [-0.1, -0.05) is 13.5 Å². The average molecular weight is 346 g/mol. The van der Waals surface area contributed by atoms with Crippen LogP contribution in [0.1, 0.15) is 13.3 Å². The minimum atomic E-state index is -6.92. The van der Waals surface area contributed by atoms with Gasteiger partial charge in [-0.15, -0.1) is 0 Å². The molecule has 0 fully saturated rings. The van der Waals surface area contributed by atoms with Crippen molar-refractivity contribution in [2.24, 2.45) is 5.92 Å². The van der Waals surface area contributed by atoms with Gasteiger partial charge in [0, 0.05) is 12.5 Å². The van der Waals surface area contributed by atoms with Crippen LogP contribution in [-0.2, 0) is 9.53 Å². The molecule has 0 N–H and O–H groups in total. The number of alkyl halides is 9. The molecule has 130 valence electrons. The molecule has 11 heteroatoms. The average Bonchev–Trinajstić information content (AvgIpc) is 2.33. The summed E-state index contributed by atoms with van der Waals surface area (Å²) in [6.07, 6.45) is -8.27. The zero-order chi connectivity index (χ0) is 18.0. The summed E-state index contributed by atoms with van der Waals surface area (Å²) < 4.78 is 117. The minimum absolute atomic E-state index is 0.622. The van der Waals surface area contributed by atoms with Crippen LogP contribution in [0.2, 0.25) is 0 Å². The molecule has 0 aromatic heterocycles. The van der Waals surface area contributed by atoms with E-state index in [1.807, 2.05) is 0 Å². The van der Waals surface area contributed by atoms with Crippen LogP contribution < -0.4 is 0 Å². The van der Waals surface area contributed by atoms with E-state index in [4.69, 9.17) is 0 Å². The van der Waals surface area contributed by atoms with Crippen molar-refractivity contribution in [2.75, 3.05) is 6.61 Å². The van der Waals surface area contributed by atoms with Crippen LogP contribution in [0.3, 0.4) is 0 Å². The highest BCUT2D eigenvalue weighted by atomic mass is 19.4. The van der Waals surface area contributed by atoms with E-state index in [9.17, 15) is 44.3 Å². The predicted octanol–water partition coefficient (Wildman–Crippen LogP) is 4.21. The van der Waals surface area contributed by atoms with E-state index in [0.717, 1.165) is 6.92 Å². The van der Waals surface area contributed by atoms with Gasteiger partial charge in [0.2, 0.25) is 0 Å². The smallest absolute Gasteiger partial charge is 0.460 e. The van der Waals surface area contributed by atoms with E-state index in [-0.39, 0.29) is 0 Å². The van der Waals surface area contributed by atoms with Crippen LogP contribution in [0.5, 0.6) is 0 Å². The molecule has 0 radical (unpaired) electrons. The van der Waals surface area contributed by atoms with Crippen molar-refractivity contribution in [2.45, 2.75) is 37.3 Å². The van der Waals surface area contributed by atoms with Crippen molar-refractivity contribution in [1.82, 2.24) is 0 Å². The first-order chi connectivity index (χ1) is 9.60. The number of carbonyl (C=O) groups excluding carboxylic acids is 1. The summed E-state index contributed by atoms with van der Waals surface area (Å²) in [6, 6.07) is 0. The Morgan fingerprint density at radius 2 is 1.50 bits per heavy atom. The first-order valence-electron chi connectivity index (χ1n) is 5.59. The first kappa shape index (κ1) is 20.6. The zero-order valence-electron chi connectivity index (χ0n) is 11.0. The van der Waals surface area contributed by atoms with Gasteiger partial charge in [-0.25, -0.2) is 4.79 Å². The largest absolute Gasteiger partial charge is 0.462 e. The standard InChI is InChI=1S/C11H11F9O2/c1-3-7(21)22-5-6(2)4-8(12,13)9(14,15)10(16,17)11(18,19)20/h3,6H,1,4-5H2,2H3. The summed E-state index contributed by atoms with van der Waals surface area (Å²) >= 11 is 0. The third kappa shape index (κ3) is 4.07. The van der Waals surface area contributed by atoms with Crippen molar-refractivity contribution >= 4 is 5.97 Å². The van der Waals surface area contributed by atoms with Crippen LogP contribution in [0.4, 0.5) is 39.5 Å². The van der Waals surface area contributed by atoms with Gasteiger partial charge in [0.25, 0.3) is 0 Å². The zero-order valence-corrected chi connectivity index (χ0v) is 11.0. The van der Waals surface area contributed by atoms with E-state index in [1.54, 1.807) is 0 Å². The van der Waals surface area contributed by atoms with E-state index in [2.05, 4.69) is 11.3 Å². The monoisotopic (exact) mass is 346 g/mol. The van der Waals surface area contributed by atoms with E-state index < -0.39 is 48.9 Å². The molecular formula is C11H11F9O2. The Morgan fingerprint density at radius 1 is 1.05 bits per heavy atom. The minimum Gasteiger partial charge on any atom is -0.462 e. The fraction of sp³-hybridized carbons (Fsp3) is 0.727. The van der Waals surface area contributed by atoms with Crippen LogP contribution in [0, 0.1) is 5.92 Å². The summed E-state index contributed by atoms with van der Waals surface area (Å²) in [5, 5.41) is 0. The van der Waals surface area contributed by atoms with E-state index in [1.165, 1.54) is 0 Å². The van der Waals surface area contributed by atoms with Crippen molar-refractivity contribution in [3.8, 4) is 0 Å². The highest BCUT2D eigenvalue weighted by Crippen LogP contribution is 2.54. The van der Waals surface area contributed by atoms with Crippen molar-refractivity contribution in [3.05, 3.63) is 12.7 Å². The molecule has 0 aliphatic rings. The van der Waals surface area contributed by atoms with Crippen LogP contribution >= 0.6 is 0 Å². The van der Waals surface area contributed by atoms with Gasteiger partial charge in [0.15, 0.2) is 0 Å². The molecule has 0 rings (SSSR count). The number of esters is 1. The van der Waals surface area contributed by atoms with Gasteiger partial charge < -0.3 is 4.74 Å². The van der Waals surface area contributed by atoms with Gasteiger partial charge in [-0.05, 0) is 5.92 Å². The maximum absolute atomic E-state index is 13.2. The van der Waals surface area contributed by atoms with Gasteiger partial charge in [-0.2, -0.15) is 39.5 Å². The molecule has 22 heavy (non-hydrogen) atoms. The molecule has 0 aliphatic heterocycles. The predicted molar refractivity (Wildman–Crippen MR) is 55.8 cm³/mol. The molecule has 0 saturated heterocycles. The fourth-order valence-electron chi connectivity index (χ4n) is 1.32. The van der Waals surface area contributed by atoms with Gasteiger partial charge >= 0.3 is 29.9 Å². The summed E-state index contributed by atoms with van der Waals surface area (Å²) in [5.41, 5.74) is 0. The molecule has 0 aliphatic carbocycles. The lowest BCUT2D eigenvalue weighted by atomic mass is 9.95. The molecule has 1 unspecified atom stereocenters. The Morgan fingerprint density at radius 3 is 1.86 bits per heavy atom. The Balaban J connectivity index is 5.13. The Hall–Kier alpha value is -1.42. The van der Waals surface area contributed by atoms with E-state index in [0.29, 0.717) is 6.08 Å². The van der Waals surface area contributed by atoms with Gasteiger partial charge in [0.1, 0.15) is 0 Å².